The second-order valence-electron chi connectivity index (χ2n) is 5.77. The van der Waals surface area contributed by atoms with Crippen molar-refractivity contribution in [2.24, 2.45) is 0 Å². The maximum atomic E-state index is 12.3. The van der Waals surface area contributed by atoms with Crippen molar-refractivity contribution in [2.45, 2.75) is 20.8 Å². The first-order chi connectivity index (χ1) is 11.9. The van der Waals surface area contributed by atoms with Gasteiger partial charge in [0, 0.05) is 23.7 Å². The summed E-state index contributed by atoms with van der Waals surface area (Å²) in [6.07, 6.45) is 3.30. The van der Waals surface area contributed by atoms with Gasteiger partial charge in [0.1, 0.15) is 5.65 Å². The van der Waals surface area contributed by atoms with E-state index < -0.39 is 18.4 Å². The van der Waals surface area contributed by atoms with E-state index >= 15 is 0 Å². The monoisotopic (exact) mass is 339 g/mol. The zero-order chi connectivity index (χ0) is 18.1. The fraction of sp³-hybridized carbons (Fsp3) is 0.222. The number of ether oxygens (including phenoxy) is 1. The number of H-pyrrole nitrogens is 1. The van der Waals surface area contributed by atoms with E-state index in [4.69, 9.17) is 4.74 Å². The average Bonchev–Trinajstić information content (AvgIpc) is 3.13. The van der Waals surface area contributed by atoms with Gasteiger partial charge < -0.3 is 14.1 Å². The average molecular weight is 339 g/mol. The van der Waals surface area contributed by atoms with E-state index in [0.29, 0.717) is 22.5 Å². The molecule has 25 heavy (non-hydrogen) atoms. The van der Waals surface area contributed by atoms with Crippen molar-refractivity contribution in [2.75, 3.05) is 6.61 Å². The number of esters is 1. The molecule has 7 heteroatoms. The number of ketones is 2. The minimum atomic E-state index is -0.676. The third-order valence-electron chi connectivity index (χ3n) is 3.98. The first-order valence-electron chi connectivity index (χ1n) is 7.72. The molecule has 3 heterocycles. The van der Waals surface area contributed by atoms with E-state index in [1.165, 1.54) is 6.92 Å². The number of carbonyl (C=O) groups excluding carboxylic acids is 3. The SMILES string of the molecule is CC(=O)c1c(C)[nH]c(C(=O)COC(=O)c2cn3ccccc3n2)c1C. The molecule has 0 aromatic carbocycles. The molecule has 0 saturated carbocycles. The van der Waals surface area contributed by atoms with E-state index in [1.807, 2.05) is 12.1 Å². The Labute approximate surface area is 143 Å². The summed E-state index contributed by atoms with van der Waals surface area (Å²) in [5.41, 5.74) is 2.71. The van der Waals surface area contributed by atoms with Gasteiger partial charge in [-0.2, -0.15) is 0 Å². The number of aromatic amines is 1. The molecular formula is C18H17N3O4. The van der Waals surface area contributed by atoms with E-state index in [2.05, 4.69) is 9.97 Å². The minimum absolute atomic E-state index is 0.119. The smallest absolute Gasteiger partial charge is 0.359 e. The van der Waals surface area contributed by atoms with Crippen molar-refractivity contribution in [1.29, 1.82) is 0 Å². The van der Waals surface area contributed by atoms with Gasteiger partial charge in [-0.1, -0.05) is 6.07 Å². The number of rotatable bonds is 5. The molecule has 0 spiro atoms. The molecule has 0 unspecified atom stereocenters. The lowest BCUT2D eigenvalue weighted by atomic mass is 10.1. The fourth-order valence-corrected chi connectivity index (χ4v) is 2.87. The minimum Gasteiger partial charge on any atom is -0.452 e. The van der Waals surface area contributed by atoms with E-state index in [9.17, 15) is 14.4 Å². The van der Waals surface area contributed by atoms with Gasteiger partial charge in [0.05, 0.1) is 5.69 Å². The zero-order valence-electron chi connectivity index (χ0n) is 14.1. The van der Waals surface area contributed by atoms with Gasteiger partial charge in [0.2, 0.25) is 5.78 Å². The maximum absolute atomic E-state index is 12.3. The van der Waals surface area contributed by atoms with Crippen molar-refractivity contribution in [3.63, 3.8) is 0 Å². The lowest BCUT2D eigenvalue weighted by Gasteiger charge is -2.02. The molecule has 0 amide bonds. The van der Waals surface area contributed by atoms with Crippen LogP contribution in [0, 0.1) is 13.8 Å². The van der Waals surface area contributed by atoms with Crippen molar-refractivity contribution in [3.8, 4) is 0 Å². The number of nitrogens with one attached hydrogen (secondary N) is 1. The molecule has 0 fully saturated rings. The molecule has 128 valence electrons. The Morgan fingerprint density at radius 2 is 2.00 bits per heavy atom. The summed E-state index contributed by atoms with van der Waals surface area (Å²) in [6, 6.07) is 5.39. The first-order valence-corrected chi connectivity index (χ1v) is 7.72. The molecule has 7 nitrogen and oxygen atoms in total. The molecular weight excluding hydrogens is 322 g/mol. The Morgan fingerprint density at radius 3 is 2.64 bits per heavy atom. The summed E-state index contributed by atoms with van der Waals surface area (Å²) in [5.74, 6) is -1.19. The Balaban J connectivity index is 1.73. The molecule has 1 N–H and O–H groups in total. The number of hydrogen-bond donors (Lipinski definition) is 1. The van der Waals surface area contributed by atoms with Crippen LogP contribution in [0.1, 0.15) is 49.5 Å². The largest absolute Gasteiger partial charge is 0.452 e. The molecule has 0 atom stereocenters. The summed E-state index contributed by atoms with van der Waals surface area (Å²) in [5, 5.41) is 0. The lowest BCUT2D eigenvalue weighted by molar-refractivity contribution is 0.0468. The van der Waals surface area contributed by atoms with E-state index in [0.717, 1.165) is 0 Å². The van der Waals surface area contributed by atoms with Crippen LogP contribution in [0.5, 0.6) is 0 Å². The Hall–Kier alpha value is -3.22. The van der Waals surface area contributed by atoms with Gasteiger partial charge in [0.25, 0.3) is 0 Å². The molecule has 3 rings (SSSR count). The van der Waals surface area contributed by atoms with Crippen molar-refractivity contribution >= 4 is 23.2 Å². The highest BCUT2D eigenvalue weighted by Crippen LogP contribution is 2.19. The number of imidazole rings is 1. The lowest BCUT2D eigenvalue weighted by Crippen LogP contribution is -2.15. The number of hydrogen-bond acceptors (Lipinski definition) is 5. The third kappa shape index (κ3) is 3.08. The molecule has 0 bridgehead atoms. The van der Waals surface area contributed by atoms with Crippen LogP contribution in [0.2, 0.25) is 0 Å². The van der Waals surface area contributed by atoms with E-state index in [-0.39, 0.29) is 17.2 Å². The van der Waals surface area contributed by atoms with Gasteiger partial charge in [-0.3, -0.25) is 9.59 Å². The van der Waals surface area contributed by atoms with Crippen LogP contribution in [0.4, 0.5) is 0 Å². The number of pyridine rings is 1. The highest BCUT2D eigenvalue weighted by atomic mass is 16.5. The molecule has 3 aromatic rings. The predicted octanol–water partition coefficient (Wildman–Crippen LogP) is 2.52. The molecule has 0 aliphatic carbocycles. The molecule has 0 radical (unpaired) electrons. The highest BCUT2D eigenvalue weighted by Gasteiger charge is 2.21. The standard InChI is InChI=1S/C18H17N3O4/c1-10-16(12(3)22)11(2)19-17(10)14(23)9-25-18(24)13-8-21-7-5-4-6-15(21)20-13/h4-8,19H,9H2,1-3H3. The van der Waals surface area contributed by atoms with Crippen LogP contribution in [0.3, 0.4) is 0 Å². The van der Waals surface area contributed by atoms with Gasteiger partial charge in [-0.15, -0.1) is 0 Å². The third-order valence-corrected chi connectivity index (χ3v) is 3.98. The van der Waals surface area contributed by atoms with Crippen LogP contribution in [-0.2, 0) is 4.74 Å². The Morgan fingerprint density at radius 1 is 1.24 bits per heavy atom. The summed E-state index contributed by atoms with van der Waals surface area (Å²) >= 11 is 0. The number of Topliss-reactive ketones (excluding diaryl/α,β-unsaturated/α-hetero) is 2. The normalized spacial score (nSPS) is 10.8. The van der Waals surface area contributed by atoms with Crippen molar-refractivity contribution < 1.29 is 19.1 Å². The number of aromatic nitrogens is 3. The number of aryl methyl sites for hydroxylation is 1. The summed E-state index contributed by atoms with van der Waals surface area (Å²) in [4.78, 5) is 43.1. The predicted molar refractivity (Wildman–Crippen MR) is 90.1 cm³/mol. The van der Waals surface area contributed by atoms with Crippen molar-refractivity contribution in [3.05, 3.63) is 58.8 Å². The summed E-state index contributed by atoms with van der Waals surface area (Å²) < 4.78 is 6.76. The number of fused-ring (bicyclic) bond motifs is 1. The van der Waals surface area contributed by atoms with Crippen LogP contribution in [0.15, 0.2) is 30.6 Å². The second-order valence-corrected chi connectivity index (χ2v) is 5.77. The highest BCUT2D eigenvalue weighted by molar-refractivity contribution is 6.04. The quantitative estimate of drug-likeness (QED) is 0.569. The van der Waals surface area contributed by atoms with Crippen LogP contribution in [0.25, 0.3) is 5.65 Å². The first kappa shape index (κ1) is 16.6. The van der Waals surface area contributed by atoms with Gasteiger partial charge in [-0.25, -0.2) is 9.78 Å². The zero-order valence-corrected chi connectivity index (χ0v) is 14.1. The molecule has 0 saturated heterocycles. The van der Waals surface area contributed by atoms with Crippen LogP contribution >= 0.6 is 0 Å². The van der Waals surface area contributed by atoms with Crippen LogP contribution < -0.4 is 0 Å². The Bertz CT molecular complexity index is 964. The molecule has 0 aliphatic heterocycles. The fourth-order valence-electron chi connectivity index (χ4n) is 2.87. The van der Waals surface area contributed by atoms with Gasteiger partial charge in [0.15, 0.2) is 18.1 Å². The Kier molecular flexibility index (Phi) is 4.22. The van der Waals surface area contributed by atoms with Crippen molar-refractivity contribution in [1.82, 2.24) is 14.4 Å². The van der Waals surface area contributed by atoms with Gasteiger partial charge in [-0.05, 0) is 38.5 Å². The molecule has 3 aromatic heterocycles. The summed E-state index contributed by atoms with van der Waals surface area (Å²) in [6.45, 7) is 4.44. The number of carbonyl (C=O) groups is 3. The van der Waals surface area contributed by atoms with E-state index in [1.54, 1.807) is 36.7 Å². The molecule has 0 aliphatic rings. The second kappa shape index (κ2) is 6.35. The number of nitrogens with zero attached hydrogens (tertiary/aromatic N) is 2. The maximum Gasteiger partial charge on any atom is 0.359 e. The topological polar surface area (TPSA) is 93.5 Å². The van der Waals surface area contributed by atoms with Gasteiger partial charge >= 0.3 is 5.97 Å². The van der Waals surface area contributed by atoms with Crippen LogP contribution in [-0.4, -0.2) is 38.5 Å². The summed E-state index contributed by atoms with van der Waals surface area (Å²) in [7, 11) is 0.